The number of nitrogens with one attached hydrogen (secondary N) is 2. The number of aryl methyl sites for hydroxylation is 1. The van der Waals surface area contributed by atoms with Crippen LogP contribution in [0.4, 0.5) is 14.5 Å². The number of hydrogen-bond acceptors (Lipinski definition) is 3. The molecular weight excluding hydrogens is 384 g/mol. The van der Waals surface area contributed by atoms with Crippen LogP contribution in [0.25, 0.3) is 22.0 Å². The number of halogens is 2. The quantitative estimate of drug-likeness (QED) is 0.539. The normalized spacial score (nSPS) is 20.4. The Balaban J connectivity index is 2.01. The monoisotopic (exact) mass is 413 g/mol. The largest absolute Gasteiger partial charge is 0.389 e. The average Bonchev–Trinajstić information content (AvgIpc) is 3.07. The maximum Gasteiger partial charge on any atom is 0.141 e. The molecule has 0 aliphatic carbocycles. The van der Waals surface area contributed by atoms with Crippen LogP contribution in [0.2, 0.25) is 0 Å². The second kappa shape index (κ2) is 7.36. The van der Waals surface area contributed by atoms with Crippen molar-refractivity contribution in [2.45, 2.75) is 52.3 Å². The van der Waals surface area contributed by atoms with Crippen molar-refractivity contribution in [3.8, 4) is 11.1 Å². The van der Waals surface area contributed by atoms with Crippen molar-refractivity contribution in [2.75, 3.05) is 18.4 Å². The summed E-state index contributed by atoms with van der Waals surface area (Å²) in [6, 6.07) is 6.28. The van der Waals surface area contributed by atoms with E-state index in [1.807, 2.05) is 57.8 Å². The second-order valence-corrected chi connectivity index (χ2v) is 8.67. The lowest BCUT2D eigenvalue weighted by Gasteiger charge is -2.47. The Kier molecular flexibility index (Phi) is 5.11. The van der Waals surface area contributed by atoms with E-state index in [0.29, 0.717) is 35.4 Å². The number of H-pyrrole nitrogens is 1. The maximum absolute atomic E-state index is 16.1. The van der Waals surface area contributed by atoms with Crippen molar-refractivity contribution in [3.05, 3.63) is 53.2 Å². The maximum atomic E-state index is 16.1. The molecule has 3 N–H and O–H groups in total. The number of rotatable bonds is 4. The second-order valence-electron chi connectivity index (χ2n) is 8.67. The standard InChI is InChI=1S/C24H29F2N3O/c1-6-29(7-2)22-19-17(28-24(4,5)23(22)30)11-16(25)18(20(19)26)15-10-8-9-14-13(3)12-27-21(14)15/h8-12,22-23,27-28,30H,6-7H2,1-5H3. The van der Waals surface area contributed by atoms with E-state index in [2.05, 4.69) is 10.3 Å². The third-order valence-corrected chi connectivity index (χ3v) is 6.44. The summed E-state index contributed by atoms with van der Waals surface area (Å²) in [6.07, 6.45) is 0.982. The van der Waals surface area contributed by atoms with Gasteiger partial charge >= 0.3 is 0 Å². The van der Waals surface area contributed by atoms with Crippen LogP contribution >= 0.6 is 0 Å². The van der Waals surface area contributed by atoms with Crippen LogP contribution in [-0.2, 0) is 0 Å². The third-order valence-electron chi connectivity index (χ3n) is 6.44. The number of nitrogens with zero attached hydrogens (tertiary/aromatic N) is 1. The number of aliphatic hydroxyl groups excluding tert-OH is 1. The number of fused-ring (bicyclic) bond motifs is 2. The Morgan fingerprint density at radius 2 is 1.87 bits per heavy atom. The molecular formula is C24H29F2N3O. The van der Waals surface area contributed by atoms with Crippen LogP contribution in [-0.4, -0.2) is 39.7 Å². The number of anilines is 1. The number of likely N-dealkylation sites (N-methyl/N-ethyl adjacent to an activating group) is 1. The predicted molar refractivity (Wildman–Crippen MR) is 118 cm³/mol. The third kappa shape index (κ3) is 3.01. The molecule has 1 aromatic heterocycles. The van der Waals surface area contributed by atoms with E-state index in [1.54, 1.807) is 6.07 Å². The molecule has 6 heteroatoms. The van der Waals surface area contributed by atoms with E-state index in [1.165, 1.54) is 6.07 Å². The number of aromatic nitrogens is 1. The minimum atomic E-state index is -0.860. The first-order chi connectivity index (χ1) is 14.2. The summed E-state index contributed by atoms with van der Waals surface area (Å²) in [7, 11) is 0. The Morgan fingerprint density at radius 1 is 1.17 bits per heavy atom. The molecule has 0 amide bonds. The van der Waals surface area contributed by atoms with Crippen molar-refractivity contribution < 1.29 is 13.9 Å². The van der Waals surface area contributed by atoms with Crippen LogP contribution in [0.1, 0.15) is 44.9 Å². The van der Waals surface area contributed by atoms with E-state index < -0.39 is 29.3 Å². The summed E-state index contributed by atoms with van der Waals surface area (Å²) in [5.74, 6) is -1.24. The first kappa shape index (κ1) is 20.8. The zero-order chi connectivity index (χ0) is 21.8. The molecule has 0 radical (unpaired) electrons. The van der Waals surface area contributed by atoms with Crippen LogP contribution in [0.3, 0.4) is 0 Å². The molecule has 4 rings (SSSR count). The fraction of sp³-hybridized carbons (Fsp3) is 0.417. The molecule has 0 bridgehead atoms. The van der Waals surface area contributed by atoms with E-state index in [0.717, 1.165) is 10.9 Å². The highest BCUT2D eigenvalue weighted by Crippen LogP contribution is 2.46. The molecule has 0 spiro atoms. The van der Waals surface area contributed by atoms with Gasteiger partial charge in [-0.3, -0.25) is 4.90 Å². The van der Waals surface area contributed by atoms with Gasteiger partial charge in [0.1, 0.15) is 11.6 Å². The molecule has 160 valence electrons. The van der Waals surface area contributed by atoms with Crippen molar-refractivity contribution in [3.63, 3.8) is 0 Å². The molecule has 2 atom stereocenters. The van der Waals surface area contributed by atoms with E-state index in [-0.39, 0.29) is 5.56 Å². The lowest BCUT2D eigenvalue weighted by atomic mass is 9.80. The Labute approximate surface area is 175 Å². The molecule has 2 unspecified atom stereocenters. The Hall–Kier alpha value is -2.44. The first-order valence-electron chi connectivity index (χ1n) is 10.5. The molecule has 0 saturated carbocycles. The molecule has 0 fully saturated rings. The fourth-order valence-electron chi connectivity index (χ4n) is 4.75. The number of aromatic amines is 1. The molecule has 0 saturated heterocycles. The zero-order valence-corrected chi connectivity index (χ0v) is 18.1. The highest BCUT2D eigenvalue weighted by molar-refractivity contribution is 5.96. The smallest absolute Gasteiger partial charge is 0.141 e. The van der Waals surface area contributed by atoms with Gasteiger partial charge in [-0.1, -0.05) is 32.0 Å². The first-order valence-corrected chi connectivity index (χ1v) is 10.5. The number of aliphatic hydroxyl groups is 1. The minimum Gasteiger partial charge on any atom is -0.389 e. The van der Waals surface area contributed by atoms with Gasteiger partial charge in [0.25, 0.3) is 0 Å². The zero-order valence-electron chi connectivity index (χ0n) is 18.1. The molecule has 4 nitrogen and oxygen atoms in total. The fourth-order valence-corrected chi connectivity index (χ4v) is 4.75. The van der Waals surface area contributed by atoms with Gasteiger partial charge in [0, 0.05) is 28.4 Å². The van der Waals surface area contributed by atoms with Gasteiger partial charge in [-0.15, -0.1) is 0 Å². The summed E-state index contributed by atoms with van der Waals surface area (Å²) >= 11 is 0. The number of hydrogen-bond donors (Lipinski definition) is 3. The van der Waals surface area contributed by atoms with Crippen molar-refractivity contribution in [2.24, 2.45) is 0 Å². The van der Waals surface area contributed by atoms with Crippen LogP contribution in [0.15, 0.2) is 30.5 Å². The molecule has 1 aliphatic heterocycles. The van der Waals surface area contributed by atoms with Crippen molar-refractivity contribution in [1.82, 2.24) is 9.88 Å². The van der Waals surface area contributed by atoms with Crippen molar-refractivity contribution >= 4 is 16.6 Å². The molecule has 3 aromatic rings. The van der Waals surface area contributed by atoms with Gasteiger partial charge in [-0.2, -0.15) is 0 Å². The highest BCUT2D eigenvalue weighted by atomic mass is 19.1. The average molecular weight is 414 g/mol. The Bertz CT molecular complexity index is 1100. The summed E-state index contributed by atoms with van der Waals surface area (Å²) in [5, 5.41) is 15.2. The number of para-hydroxylation sites is 1. The number of benzene rings is 2. The predicted octanol–water partition coefficient (Wildman–Crippen LogP) is 5.37. The minimum absolute atomic E-state index is 0.0629. The van der Waals surface area contributed by atoms with Crippen LogP contribution < -0.4 is 5.32 Å². The SMILES string of the molecule is CCN(CC)C1c2c(cc(F)c(-c3cccc4c(C)c[nH]c34)c2F)NC(C)(C)C1O. The van der Waals surface area contributed by atoms with E-state index in [4.69, 9.17) is 0 Å². The summed E-state index contributed by atoms with van der Waals surface area (Å²) in [5.41, 5.74) is 2.14. The Morgan fingerprint density at radius 3 is 2.53 bits per heavy atom. The van der Waals surface area contributed by atoms with Gasteiger partial charge in [0.05, 0.1) is 28.8 Å². The van der Waals surface area contributed by atoms with Crippen molar-refractivity contribution in [1.29, 1.82) is 0 Å². The van der Waals surface area contributed by atoms with Gasteiger partial charge < -0.3 is 15.4 Å². The summed E-state index contributed by atoms with van der Waals surface area (Å²) in [6.45, 7) is 10.9. The van der Waals surface area contributed by atoms with E-state index in [9.17, 15) is 5.11 Å². The molecule has 2 heterocycles. The lowest BCUT2D eigenvalue weighted by Crippen LogP contribution is -2.55. The summed E-state index contributed by atoms with van der Waals surface area (Å²) < 4.78 is 31.4. The topological polar surface area (TPSA) is 51.3 Å². The summed E-state index contributed by atoms with van der Waals surface area (Å²) in [4.78, 5) is 5.18. The van der Waals surface area contributed by atoms with Crippen LogP contribution in [0.5, 0.6) is 0 Å². The van der Waals surface area contributed by atoms with Gasteiger partial charge in [0.2, 0.25) is 0 Å². The molecule has 2 aromatic carbocycles. The molecule has 1 aliphatic rings. The van der Waals surface area contributed by atoms with Gasteiger partial charge in [-0.25, -0.2) is 8.78 Å². The molecule has 30 heavy (non-hydrogen) atoms. The van der Waals surface area contributed by atoms with Gasteiger partial charge in [-0.05, 0) is 45.5 Å². The van der Waals surface area contributed by atoms with Gasteiger partial charge in [0.15, 0.2) is 0 Å². The van der Waals surface area contributed by atoms with E-state index >= 15 is 8.78 Å². The lowest BCUT2D eigenvalue weighted by molar-refractivity contribution is 0.00979. The van der Waals surface area contributed by atoms with Crippen LogP contribution in [0, 0.1) is 18.6 Å². The highest BCUT2D eigenvalue weighted by Gasteiger charge is 2.45.